The summed E-state index contributed by atoms with van der Waals surface area (Å²) in [4.78, 5) is 14.8. The van der Waals surface area contributed by atoms with Crippen LogP contribution >= 0.6 is 11.3 Å². The number of hydrogen-bond acceptors (Lipinski definition) is 4. The molecule has 1 heterocycles. The second kappa shape index (κ2) is 5.30. The van der Waals surface area contributed by atoms with E-state index in [0.29, 0.717) is 11.0 Å². The van der Waals surface area contributed by atoms with Crippen LogP contribution in [0.3, 0.4) is 0 Å². The summed E-state index contributed by atoms with van der Waals surface area (Å²) in [7, 11) is 0. The lowest BCUT2D eigenvalue weighted by atomic mass is 10.1. The van der Waals surface area contributed by atoms with Crippen molar-refractivity contribution in [3.8, 4) is 0 Å². The van der Waals surface area contributed by atoms with Crippen LogP contribution in [-0.2, 0) is 0 Å². The summed E-state index contributed by atoms with van der Waals surface area (Å²) >= 11 is 1.38. The first kappa shape index (κ1) is 11.4. The number of carbonyl (C=O) groups is 1. The number of carboxylic acids is 1. The summed E-state index contributed by atoms with van der Waals surface area (Å²) in [5.41, 5.74) is 1.75. The highest BCUT2D eigenvalue weighted by atomic mass is 32.1. The minimum atomic E-state index is -0.947. The van der Waals surface area contributed by atoms with E-state index in [-0.39, 0.29) is 5.69 Å². The Morgan fingerprint density at radius 3 is 2.69 bits per heavy atom. The van der Waals surface area contributed by atoms with Crippen LogP contribution in [0, 0.1) is 0 Å². The molecule has 1 aliphatic rings. The fraction of sp³-hybridized carbons (Fsp3) is 0.636. The average Bonchev–Trinajstić information content (AvgIpc) is 2.55. The van der Waals surface area contributed by atoms with Crippen molar-refractivity contribution in [2.24, 2.45) is 0 Å². The van der Waals surface area contributed by atoms with Gasteiger partial charge in [0, 0.05) is 6.04 Å². The lowest BCUT2D eigenvalue weighted by Gasteiger charge is -2.16. The van der Waals surface area contributed by atoms with Crippen molar-refractivity contribution in [3.05, 3.63) is 11.2 Å². The molecule has 1 saturated carbocycles. The maximum absolute atomic E-state index is 10.9. The van der Waals surface area contributed by atoms with Gasteiger partial charge in [-0.25, -0.2) is 9.78 Å². The Balaban J connectivity index is 2.01. The summed E-state index contributed by atoms with van der Waals surface area (Å²) in [5, 5.41) is 13.0. The molecule has 2 N–H and O–H groups in total. The standard InChI is InChI=1S/C11H16N2O2S/c14-11(15)9-10(16-7-12-9)13-8-5-3-1-2-4-6-8/h7-8,13H,1-6H2,(H,14,15). The van der Waals surface area contributed by atoms with Gasteiger partial charge in [0.1, 0.15) is 5.00 Å². The molecule has 4 nitrogen and oxygen atoms in total. The van der Waals surface area contributed by atoms with Gasteiger partial charge < -0.3 is 10.4 Å². The molecule has 0 aromatic carbocycles. The first-order valence-electron chi connectivity index (χ1n) is 5.70. The first-order valence-corrected chi connectivity index (χ1v) is 6.58. The maximum atomic E-state index is 10.9. The Hall–Kier alpha value is -1.10. The lowest BCUT2D eigenvalue weighted by Crippen LogP contribution is -2.19. The summed E-state index contributed by atoms with van der Waals surface area (Å²) < 4.78 is 0. The van der Waals surface area contributed by atoms with Crippen LogP contribution < -0.4 is 5.32 Å². The van der Waals surface area contributed by atoms with E-state index in [4.69, 9.17) is 5.11 Å². The predicted molar refractivity (Wildman–Crippen MR) is 64.2 cm³/mol. The number of nitrogens with one attached hydrogen (secondary N) is 1. The highest BCUT2D eigenvalue weighted by Crippen LogP contribution is 2.25. The molecule has 1 aromatic rings. The van der Waals surface area contributed by atoms with E-state index < -0.39 is 5.97 Å². The molecule has 1 fully saturated rings. The molecule has 0 saturated heterocycles. The normalized spacial score (nSPS) is 18.0. The molecule has 16 heavy (non-hydrogen) atoms. The Bertz CT molecular complexity index is 357. The quantitative estimate of drug-likeness (QED) is 0.797. The Morgan fingerprint density at radius 1 is 1.38 bits per heavy atom. The number of thiazole rings is 1. The van der Waals surface area contributed by atoms with Gasteiger partial charge in [0.2, 0.25) is 0 Å². The summed E-state index contributed by atoms with van der Waals surface area (Å²) in [6.07, 6.45) is 7.34. The summed E-state index contributed by atoms with van der Waals surface area (Å²) in [5.74, 6) is -0.947. The van der Waals surface area contributed by atoms with Crippen molar-refractivity contribution in [3.63, 3.8) is 0 Å². The second-order valence-electron chi connectivity index (χ2n) is 4.17. The highest BCUT2D eigenvalue weighted by molar-refractivity contribution is 7.14. The van der Waals surface area contributed by atoms with Crippen LogP contribution in [0.1, 0.15) is 49.0 Å². The molecule has 0 atom stereocenters. The summed E-state index contributed by atoms with van der Waals surface area (Å²) in [6, 6.07) is 0.418. The minimum Gasteiger partial charge on any atom is -0.476 e. The SMILES string of the molecule is O=C(O)c1ncsc1NC1CCCCCC1. The molecule has 0 spiro atoms. The molecular weight excluding hydrogens is 224 g/mol. The van der Waals surface area contributed by atoms with Crippen molar-refractivity contribution in [2.45, 2.75) is 44.6 Å². The van der Waals surface area contributed by atoms with E-state index in [9.17, 15) is 4.79 Å². The smallest absolute Gasteiger partial charge is 0.357 e. The van der Waals surface area contributed by atoms with E-state index >= 15 is 0 Å². The van der Waals surface area contributed by atoms with Crippen molar-refractivity contribution >= 4 is 22.3 Å². The molecule has 1 aliphatic carbocycles. The molecule has 0 unspecified atom stereocenters. The van der Waals surface area contributed by atoms with E-state index in [1.54, 1.807) is 5.51 Å². The van der Waals surface area contributed by atoms with Crippen LogP contribution in [-0.4, -0.2) is 22.1 Å². The zero-order chi connectivity index (χ0) is 11.4. The fourth-order valence-corrected chi connectivity index (χ4v) is 2.86. The molecule has 0 aliphatic heterocycles. The van der Waals surface area contributed by atoms with Gasteiger partial charge in [-0.15, -0.1) is 11.3 Å². The molecule has 5 heteroatoms. The number of anilines is 1. The Morgan fingerprint density at radius 2 is 2.06 bits per heavy atom. The van der Waals surface area contributed by atoms with Crippen LogP contribution in [0.25, 0.3) is 0 Å². The average molecular weight is 240 g/mol. The minimum absolute atomic E-state index is 0.161. The van der Waals surface area contributed by atoms with Gasteiger partial charge in [0.25, 0.3) is 0 Å². The summed E-state index contributed by atoms with van der Waals surface area (Å²) in [6.45, 7) is 0. The van der Waals surface area contributed by atoms with Crippen LogP contribution in [0.2, 0.25) is 0 Å². The molecule has 0 amide bonds. The number of nitrogens with zero attached hydrogens (tertiary/aromatic N) is 1. The van der Waals surface area contributed by atoms with Gasteiger partial charge in [-0.1, -0.05) is 25.7 Å². The van der Waals surface area contributed by atoms with E-state index in [1.807, 2.05) is 0 Å². The number of rotatable bonds is 3. The monoisotopic (exact) mass is 240 g/mol. The van der Waals surface area contributed by atoms with Gasteiger partial charge in [-0.2, -0.15) is 0 Å². The van der Waals surface area contributed by atoms with Crippen molar-refractivity contribution in [2.75, 3.05) is 5.32 Å². The van der Waals surface area contributed by atoms with Gasteiger partial charge in [-0.05, 0) is 12.8 Å². The Kier molecular flexibility index (Phi) is 3.77. The van der Waals surface area contributed by atoms with E-state index in [2.05, 4.69) is 10.3 Å². The van der Waals surface area contributed by atoms with Crippen molar-refractivity contribution in [1.29, 1.82) is 0 Å². The lowest BCUT2D eigenvalue weighted by molar-refractivity contribution is 0.0692. The zero-order valence-corrected chi connectivity index (χ0v) is 9.92. The van der Waals surface area contributed by atoms with Gasteiger partial charge in [0.15, 0.2) is 5.69 Å². The molecule has 88 valence electrons. The second-order valence-corrected chi connectivity index (χ2v) is 5.02. The molecule has 1 aromatic heterocycles. The predicted octanol–water partition coefficient (Wildman–Crippen LogP) is 2.98. The zero-order valence-electron chi connectivity index (χ0n) is 9.11. The first-order chi connectivity index (χ1) is 7.77. The van der Waals surface area contributed by atoms with Crippen LogP contribution in [0.4, 0.5) is 5.00 Å². The van der Waals surface area contributed by atoms with Crippen molar-refractivity contribution in [1.82, 2.24) is 4.98 Å². The van der Waals surface area contributed by atoms with Gasteiger partial charge in [-0.3, -0.25) is 0 Å². The maximum Gasteiger partial charge on any atom is 0.357 e. The number of aromatic nitrogens is 1. The highest BCUT2D eigenvalue weighted by Gasteiger charge is 2.18. The molecule has 0 bridgehead atoms. The Labute approximate surface area is 98.7 Å². The molecule has 0 radical (unpaired) electrons. The number of hydrogen-bond donors (Lipinski definition) is 2. The largest absolute Gasteiger partial charge is 0.476 e. The van der Waals surface area contributed by atoms with Crippen LogP contribution in [0.15, 0.2) is 5.51 Å². The number of aromatic carboxylic acids is 1. The van der Waals surface area contributed by atoms with Gasteiger partial charge >= 0.3 is 5.97 Å². The van der Waals surface area contributed by atoms with Crippen molar-refractivity contribution < 1.29 is 9.90 Å². The van der Waals surface area contributed by atoms with E-state index in [0.717, 1.165) is 12.8 Å². The molecule has 2 rings (SSSR count). The topological polar surface area (TPSA) is 62.2 Å². The van der Waals surface area contributed by atoms with Gasteiger partial charge in [0.05, 0.1) is 5.51 Å². The third-order valence-corrected chi connectivity index (χ3v) is 3.72. The van der Waals surface area contributed by atoms with E-state index in [1.165, 1.54) is 37.0 Å². The number of carboxylic acid groups (broad SMARTS) is 1. The third kappa shape index (κ3) is 2.72. The third-order valence-electron chi connectivity index (χ3n) is 2.96. The van der Waals surface area contributed by atoms with Crippen LogP contribution in [0.5, 0.6) is 0 Å². The fourth-order valence-electron chi connectivity index (χ4n) is 2.11. The molecular formula is C11H16N2O2S.